The Morgan fingerprint density at radius 3 is 2.47 bits per heavy atom. The smallest absolute Gasteiger partial charge is 0.254 e. The molecule has 8 nitrogen and oxygen atoms in total. The molecule has 3 aromatic rings. The summed E-state index contributed by atoms with van der Waals surface area (Å²) < 4.78 is 13.3. The molecule has 1 N–H and O–H groups in total. The van der Waals surface area contributed by atoms with Crippen LogP contribution in [0.25, 0.3) is 0 Å². The van der Waals surface area contributed by atoms with Crippen molar-refractivity contribution in [2.75, 3.05) is 47.8 Å². The van der Waals surface area contributed by atoms with Crippen molar-refractivity contribution in [1.29, 1.82) is 0 Å². The molecule has 200 valence electrons. The molecule has 0 unspecified atom stereocenters. The highest BCUT2D eigenvalue weighted by atomic mass is 19.1. The number of halogens is 1. The van der Waals surface area contributed by atoms with Gasteiger partial charge in [-0.25, -0.2) is 9.37 Å². The second-order valence-corrected chi connectivity index (χ2v) is 10.5. The van der Waals surface area contributed by atoms with Crippen LogP contribution in [0.2, 0.25) is 0 Å². The van der Waals surface area contributed by atoms with E-state index in [4.69, 9.17) is 0 Å². The number of carbonyl (C=O) groups is 1. The van der Waals surface area contributed by atoms with E-state index in [1.165, 1.54) is 12.3 Å². The molecular weight excluding hydrogens is 481 g/mol. The maximum absolute atomic E-state index is 13.8. The third-order valence-corrected chi connectivity index (χ3v) is 7.83. The summed E-state index contributed by atoms with van der Waals surface area (Å²) in [7, 11) is 0. The van der Waals surface area contributed by atoms with Gasteiger partial charge in [-0.1, -0.05) is 6.07 Å². The molecule has 1 atom stereocenters. The molecular formula is C29H36FN7O. The summed E-state index contributed by atoms with van der Waals surface area (Å²) >= 11 is 0. The van der Waals surface area contributed by atoms with Crippen molar-refractivity contribution in [2.24, 2.45) is 0 Å². The molecule has 0 saturated carbocycles. The van der Waals surface area contributed by atoms with E-state index >= 15 is 0 Å². The zero-order chi connectivity index (χ0) is 26.8. The highest BCUT2D eigenvalue weighted by Crippen LogP contribution is 2.31. The monoisotopic (exact) mass is 517 g/mol. The van der Waals surface area contributed by atoms with Crippen molar-refractivity contribution < 1.29 is 9.18 Å². The Kier molecular flexibility index (Phi) is 7.44. The second kappa shape index (κ2) is 10.9. The van der Waals surface area contributed by atoms with Gasteiger partial charge in [-0.15, -0.1) is 5.10 Å². The van der Waals surface area contributed by atoms with Crippen LogP contribution >= 0.6 is 0 Å². The van der Waals surface area contributed by atoms with Gasteiger partial charge in [0.25, 0.3) is 5.91 Å². The zero-order valence-electron chi connectivity index (χ0n) is 22.6. The van der Waals surface area contributed by atoms with Gasteiger partial charge in [-0.2, -0.15) is 5.10 Å². The van der Waals surface area contributed by atoms with Crippen molar-refractivity contribution >= 4 is 23.2 Å². The molecule has 5 rings (SSSR count). The van der Waals surface area contributed by atoms with Gasteiger partial charge in [0.15, 0.2) is 5.82 Å². The molecule has 2 aliphatic rings. The number of piperidine rings is 1. The largest absolute Gasteiger partial charge is 0.382 e. The Hall–Kier alpha value is -3.75. The lowest BCUT2D eigenvalue weighted by atomic mass is 9.94. The summed E-state index contributed by atoms with van der Waals surface area (Å²) in [4.78, 5) is 24.4. The number of pyridine rings is 1. The van der Waals surface area contributed by atoms with Crippen molar-refractivity contribution in [3.8, 4) is 0 Å². The zero-order valence-corrected chi connectivity index (χ0v) is 22.6. The first-order chi connectivity index (χ1) is 18.3. The van der Waals surface area contributed by atoms with Gasteiger partial charge in [0, 0.05) is 62.3 Å². The van der Waals surface area contributed by atoms with Crippen LogP contribution in [0.4, 0.5) is 21.7 Å². The van der Waals surface area contributed by atoms with E-state index in [1.807, 2.05) is 24.0 Å². The number of hydrogen-bond donors (Lipinski definition) is 1. The quantitative estimate of drug-likeness (QED) is 0.539. The van der Waals surface area contributed by atoms with Crippen LogP contribution in [0.1, 0.15) is 46.8 Å². The van der Waals surface area contributed by atoms with Crippen molar-refractivity contribution in [1.82, 2.24) is 20.1 Å². The number of carbonyl (C=O) groups excluding carboxylic acids is 1. The number of nitrogens with zero attached hydrogens (tertiary/aromatic N) is 6. The van der Waals surface area contributed by atoms with Gasteiger partial charge in [0.05, 0.1) is 6.20 Å². The molecule has 38 heavy (non-hydrogen) atoms. The van der Waals surface area contributed by atoms with Gasteiger partial charge in [0.2, 0.25) is 0 Å². The van der Waals surface area contributed by atoms with E-state index in [0.717, 1.165) is 65.5 Å². The Balaban J connectivity index is 1.28. The van der Waals surface area contributed by atoms with Crippen LogP contribution in [-0.4, -0.2) is 70.8 Å². The van der Waals surface area contributed by atoms with Crippen molar-refractivity contribution in [3.63, 3.8) is 0 Å². The Bertz CT molecular complexity index is 1280. The van der Waals surface area contributed by atoms with E-state index in [9.17, 15) is 9.18 Å². The number of anilines is 3. The number of rotatable bonds is 5. The number of aromatic nitrogens is 3. The van der Waals surface area contributed by atoms with Crippen LogP contribution < -0.4 is 15.1 Å². The van der Waals surface area contributed by atoms with Crippen LogP contribution in [0.5, 0.6) is 0 Å². The predicted octanol–water partition coefficient (Wildman–Crippen LogP) is 4.37. The molecule has 0 aliphatic carbocycles. The molecule has 0 spiro atoms. The summed E-state index contributed by atoms with van der Waals surface area (Å²) in [6.45, 7) is 12.0. The summed E-state index contributed by atoms with van der Waals surface area (Å²) in [6.07, 6.45) is 4.92. The number of hydrogen-bond acceptors (Lipinski definition) is 7. The van der Waals surface area contributed by atoms with Crippen LogP contribution in [-0.2, 0) is 0 Å². The first-order valence-corrected chi connectivity index (χ1v) is 13.4. The topological polar surface area (TPSA) is 77.5 Å². The lowest BCUT2D eigenvalue weighted by molar-refractivity contribution is 0.0724. The Labute approximate surface area is 223 Å². The second-order valence-electron chi connectivity index (χ2n) is 10.5. The standard InChI is InChI=1S/C29H36FN7O/c1-19-16-20(2)28(33-24-9-12-35(13-10-24)26-6-5-11-32-34-26)22(4)27(19)29(38)36-14-15-37(21(3)18-36)25-8-7-23(30)17-31-25/h5-8,11,16-17,21,24,33H,9-10,12-15,18H2,1-4H3/t21-/m0/s1. The van der Waals surface area contributed by atoms with Gasteiger partial charge < -0.3 is 20.0 Å². The van der Waals surface area contributed by atoms with Gasteiger partial charge in [-0.05, 0) is 81.5 Å². The fourth-order valence-corrected chi connectivity index (χ4v) is 5.83. The Morgan fingerprint density at radius 2 is 1.82 bits per heavy atom. The van der Waals surface area contributed by atoms with Crippen molar-refractivity contribution in [2.45, 2.75) is 52.6 Å². The molecule has 0 bridgehead atoms. The number of nitrogens with one attached hydrogen (secondary N) is 1. The van der Waals surface area contributed by atoms with Gasteiger partial charge in [0.1, 0.15) is 11.6 Å². The number of benzene rings is 1. The Morgan fingerprint density at radius 1 is 1.03 bits per heavy atom. The molecule has 4 heterocycles. The van der Waals surface area contributed by atoms with E-state index in [0.29, 0.717) is 25.7 Å². The first-order valence-electron chi connectivity index (χ1n) is 13.4. The van der Waals surface area contributed by atoms with Crippen LogP contribution in [0.15, 0.2) is 42.7 Å². The highest BCUT2D eigenvalue weighted by Gasteiger charge is 2.30. The number of amides is 1. The maximum Gasteiger partial charge on any atom is 0.254 e. The molecule has 2 aliphatic heterocycles. The molecule has 2 saturated heterocycles. The van der Waals surface area contributed by atoms with Crippen molar-refractivity contribution in [3.05, 3.63) is 70.8 Å². The van der Waals surface area contributed by atoms with E-state index in [2.05, 4.69) is 57.1 Å². The molecule has 2 fully saturated rings. The average Bonchev–Trinajstić information content (AvgIpc) is 2.92. The molecule has 2 aromatic heterocycles. The third kappa shape index (κ3) is 5.28. The lowest BCUT2D eigenvalue weighted by Crippen LogP contribution is -2.54. The third-order valence-electron chi connectivity index (χ3n) is 7.83. The average molecular weight is 518 g/mol. The molecule has 0 radical (unpaired) electrons. The van der Waals surface area contributed by atoms with E-state index < -0.39 is 0 Å². The van der Waals surface area contributed by atoms with Gasteiger partial charge in [-0.3, -0.25) is 4.79 Å². The SMILES string of the molecule is Cc1cc(C)c(C(=O)N2CCN(c3ccc(F)cn3)[C@@H](C)C2)c(C)c1NC1CCN(c2cccnn2)CC1. The molecule has 1 amide bonds. The van der Waals surface area contributed by atoms with Gasteiger partial charge >= 0.3 is 0 Å². The minimum Gasteiger partial charge on any atom is -0.382 e. The summed E-state index contributed by atoms with van der Waals surface area (Å²) in [6, 6.07) is 9.59. The first kappa shape index (κ1) is 25.9. The summed E-state index contributed by atoms with van der Waals surface area (Å²) in [5, 5.41) is 12.0. The maximum atomic E-state index is 13.8. The number of aryl methyl sites for hydroxylation is 2. The van der Waals surface area contributed by atoms with Crippen LogP contribution in [0.3, 0.4) is 0 Å². The van der Waals surface area contributed by atoms with E-state index in [1.54, 1.807) is 12.3 Å². The highest BCUT2D eigenvalue weighted by molar-refractivity contribution is 5.99. The molecule has 9 heteroatoms. The minimum atomic E-state index is -0.346. The normalized spacial score (nSPS) is 18.6. The fourth-order valence-electron chi connectivity index (χ4n) is 5.83. The fraction of sp³-hybridized carbons (Fsp3) is 0.448. The van der Waals surface area contributed by atoms with E-state index in [-0.39, 0.29) is 17.8 Å². The summed E-state index contributed by atoms with van der Waals surface area (Å²) in [5.41, 5.74) is 5.03. The predicted molar refractivity (Wildman–Crippen MR) is 148 cm³/mol. The lowest BCUT2D eigenvalue weighted by Gasteiger charge is -2.41. The summed E-state index contributed by atoms with van der Waals surface area (Å²) in [5.74, 6) is 1.39. The minimum absolute atomic E-state index is 0.0686. The number of piperazine rings is 1. The molecule has 1 aromatic carbocycles. The van der Waals surface area contributed by atoms with Crippen LogP contribution in [0, 0.1) is 26.6 Å².